The normalized spacial score (nSPS) is 16.3. The molecule has 3 heterocycles. The van der Waals surface area contributed by atoms with Crippen LogP contribution in [0, 0.1) is 6.92 Å². The lowest BCUT2D eigenvalue weighted by molar-refractivity contribution is 0.0927. The van der Waals surface area contributed by atoms with Gasteiger partial charge in [0.1, 0.15) is 5.82 Å². The van der Waals surface area contributed by atoms with E-state index in [0.29, 0.717) is 11.4 Å². The summed E-state index contributed by atoms with van der Waals surface area (Å²) in [4.78, 5) is 25.6. The van der Waals surface area contributed by atoms with Crippen molar-refractivity contribution in [3.8, 4) is 11.4 Å². The highest BCUT2D eigenvalue weighted by Crippen LogP contribution is 2.16. The number of fused-ring (bicyclic) bond motifs is 1. The van der Waals surface area contributed by atoms with E-state index < -0.39 is 0 Å². The van der Waals surface area contributed by atoms with E-state index in [9.17, 15) is 4.79 Å². The van der Waals surface area contributed by atoms with Crippen molar-refractivity contribution in [3.05, 3.63) is 66.0 Å². The first kappa shape index (κ1) is 15.5. The van der Waals surface area contributed by atoms with Crippen LogP contribution in [0.3, 0.4) is 0 Å². The van der Waals surface area contributed by atoms with Crippen molar-refractivity contribution in [1.82, 2.24) is 24.8 Å². The van der Waals surface area contributed by atoms with Crippen LogP contribution >= 0.6 is 0 Å². The standard InChI is InChI=1S/C19H19N5O/c1-13-11-24-12-16(7-8-17(24)22-13)23-19(25)15-9-20-18(21-10-15)14-5-3-2-4-6-14/h2-6,9-11,16H,7-8,12H2,1H3,(H,23,25)/t16-/m0/s1. The zero-order valence-electron chi connectivity index (χ0n) is 14.0. The number of aryl methyl sites for hydroxylation is 2. The summed E-state index contributed by atoms with van der Waals surface area (Å²) in [7, 11) is 0. The second kappa shape index (κ2) is 6.47. The molecule has 1 amide bonds. The van der Waals surface area contributed by atoms with Gasteiger partial charge in [0.05, 0.1) is 11.3 Å². The first-order chi connectivity index (χ1) is 12.2. The highest BCUT2D eigenvalue weighted by Gasteiger charge is 2.22. The van der Waals surface area contributed by atoms with Gasteiger partial charge in [0, 0.05) is 43.2 Å². The molecule has 2 aromatic heterocycles. The van der Waals surface area contributed by atoms with Crippen molar-refractivity contribution in [2.24, 2.45) is 0 Å². The molecule has 0 radical (unpaired) electrons. The van der Waals surface area contributed by atoms with E-state index in [1.807, 2.05) is 43.5 Å². The fraction of sp³-hybridized carbons (Fsp3) is 0.263. The van der Waals surface area contributed by atoms with Crippen LogP contribution in [-0.4, -0.2) is 31.5 Å². The predicted molar refractivity (Wildman–Crippen MR) is 94.0 cm³/mol. The molecule has 0 fully saturated rings. The maximum absolute atomic E-state index is 12.5. The van der Waals surface area contributed by atoms with Crippen LogP contribution in [0.1, 0.15) is 28.3 Å². The van der Waals surface area contributed by atoms with Crippen molar-refractivity contribution < 1.29 is 4.79 Å². The summed E-state index contributed by atoms with van der Waals surface area (Å²) >= 11 is 0. The van der Waals surface area contributed by atoms with Crippen LogP contribution in [-0.2, 0) is 13.0 Å². The quantitative estimate of drug-likeness (QED) is 0.799. The largest absolute Gasteiger partial charge is 0.347 e. The number of benzene rings is 1. The van der Waals surface area contributed by atoms with Gasteiger partial charge in [-0.3, -0.25) is 4.79 Å². The maximum Gasteiger partial charge on any atom is 0.254 e. The van der Waals surface area contributed by atoms with Gasteiger partial charge in [0.25, 0.3) is 5.91 Å². The molecular formula is C19H19N5O. The van der Waals surface area contributed by atoms with Crippen LogP contribution < -0.4 is 5.32 Å². The Balaban J connectivity index is 1.43. The molecule has 4 rings (SSSR count). The van der Waals surface area contributed by atoms with Crippen molar-refractivity contribution in [3.63, 3.8) is 0 Å². The zero-order chi connectivity index (χ0) is 17.2. The fourth-order valence-electron chi connectivity index (χ4n) is 3.15. The molecule has 1 N–H and O–H groups in total. The first-order valence-corrected chi connectivity index (χ1v) is 8.40. The van der Waals surface area contributed by atoms with Crippen LogP contribution in [0.2, 0.25) is 0 Å². The number of nitrogens with one attached hydrogen (secondary N) is 1. The van der Waals surface area contributed by atoms with Gasteiger partial charge >= 0.3 is 0 Å². The second-order valence-electron chi connectivity index (χ2n) is 6.32. The molecule has 1 aliphatic heterocycles. The van der Waals surface area contributed by atoms with Crippen LogP contribution in [0.4, 0.5) is 0 Å². The lowest BCUT2D eigenvalue weighted by Gasteiger charge is -2.24. The van der Waals surface area contributed by atoms with Crippen LogP contribution in [0.15, 0.2) is 48.9 Å². The van der Waals surface area contributed by atoms with Crippen molar-refractivity contribution in [2.75, 3.05) is 0 Å². The molecule has 1 aromatic carbocycles. The Morgan fingerprint density at radius 1 is 1.20 bits per heavy atom. The summed E-state index contributed by atoms with van der Waals surface area (Å²) in [6, 6.07) is 9.82. The number of carbonyl (C=O) groups is 1. The van der Waals surface area contributed by atoms with Crippen LogP contribution in [0.25, 0.3) is 11.4 Å². The highest BCUT2D eigenvalue weighted by atomic mass is 16.1. The minimum Gasteiger partial charge on any atom is -0.347 e. The third-order valence-electron chi connectivity index (χ3n) is 4.39. The molecule has 3 aromatic rings. The first-order valence-electron chi connectivity index (χ1n) is 8.40. The third-order valence-corrected chi connectivity index (χ3v) is 4.39. The molecule has 6 heteroatoms. The minimum absolute atomic E-state index is 0.0994. The molecule has 0 saturated heterocycles. The molecule has 0 bridgehead atoms. The van der Waals surface area contributed by atoms with Gasteiger partial charge in [-0.15, -0.1) is 0 Å². The Labute approximate surface area is 146 Å². The van der Waals surface area contributed by atoms with Gasteiger partial charge < -0.3 is 9.88 Å². The van der Waals surface area contributed by atoms with Gasteiger partial charge in [-0.1, -0.05) is 30.3 Å². The smallest absolute Gasteiger partial charge is 0.254 e. The number of nitrogens with zero attached hydrogens (tertiary/aromatic N) is 4. The SMILES string of the molecule is Cc1cn2c(n1)CC[C@H](NC(=O)c1cnc(-c3ccccc3)nc1)C2. The number of hydrogen-bond acceptors (Lipinski definition) is 4. The Hall–Kier alpha value is -3.02. The highest BCUT2D eigenvalue weighted by molar-refractivity contribution is 5.93. The molecule has 25 heavy (non-hydrogen) atoms. The van der Waals surface area contributed by atoms with Crippen LogP contribution in [0.5, 0.6) is 0 Å². The van der Waals surface area contributed by atoms with Crippen molar-refractivity contribution in [1.29, 1.82) is 0 Å². The van der Waals surface area contributed by atoms with E-state index in [2.05, 4.69) is 24.8 Å². The van der Waals surface area contributed by atoms with Gasteiger partial charge in [0.15, 0.2) is 5.82 Å². The van der Waals surface area contributed by atoms with E-state index in [1.165, 1.54) is 0 Å². The maximum atomic E-state index is 12.5. The second-order valence-corrected chi connectivity index (χ2v) is 6.32. The molecule has 0 aliphatic carbocycles. The van der Waals surface area contributed by atoms with Gasteiger partial charge in [-0.05, 0) is 13.3 Å². The van der Waals surface area contributed by atoms with Gasteiger partial charge in [-0.25, -0.2) is 15.0 Å². The summed E-state index contributed by atoms with van der Waals surface area (Å²) in [5.41, 5.74) is 2.43. The number of carbonyl (C=O) groups excluding carboxylic acids is 1. The van der Waals surface area contributed by atoms with E-state index in [-0.39, 0.29) is 11.9 Å². The Morgan fingerprint density at radius 3 is 2.72 bits per heavy atom. The van der Waals surface area contributed by atoms with Gasteiger partial charge in [-0.2, -0.15) is 0 Å². The molecule has 0 unspecified atom stereocenters. The number of imidazole rings is 1. The summed E-state index contributed by atoms with van der Waals surface area (Å²) in [5.74, 6) is 1.58. The Kier molecular flexibility index (Phi) is 4.01. The van der Waals surface area contributed by atoms with Crippen molar-refractivity contribution in [2.45, 2.75) is 32.4 Å². The monoisotopic (exact) mass is 333 g/mol. The summed E-state index contributed by atoms with van der Waals surface area (Å²) in [6.45, 7) is 2.75. The van der Waals surface area contributed by atoms with E-state index >= 15 is 0 Å². The summed E-state index contributed by atoms with van der Waals surface area (Å²) in [6.07, 6.45) is 6.97. The van der Waals surface area contributed by atoms with Gasteiger partial charge in [0.2, 0.25) is 0 Å². The molecule has 1 aliphatic rings. The Bertz CT molecular complexity index is 886. The molecule has 126 valence electrons. The number of rotatable bonds is 3. The average molecular weight is 333 g/mol. The molecular weight excluding hydrogens is 314 g/mol. The summed E-state index contributed by atoms with van der Waals surface area (Å²) < 4.78 is 2.12. The lowest BCUT2D eigenvalue weighted by atomic mass is 10.1. The predicted octanol–water partition coefficient (Wildman–Crippen LogP) is 2.39. The van der Waals surface area contributed by atoms with E-state index in [0.717, 1.165) is 36.5 Å². The van der Waals surface area contributed by atoms with E-state index in [4.69, 9.17) is 0 Å². The molecule has 1 atom stereocenters. The summed E-state index contributed by atoms with van der Waals surface area (Å²) in [5, 5.41) is 3.08. The number of amides is 1. The van der Waals surface area contributed by atoms with Crippen molar-refractivity contribution >= 4 is 5.91 Å². The lowest BCUT2D eigenvalue weighted by Crippen LogP contribution is -2.41. The number of hydrogen-bond donors (Lipinski definition) is 1. The average Bonchev–Trinajstić information content (AvgIpc) is 3.02. The Morgan fingerprint density at radius 2 is 1.96 bits per heavy atom. The molecule has 0 spiro atoms. The fourth-order valence-corrected chi connectivity index (χ4v) is 3.15. The topological polar surface area (TPSA) is 72.7 Å². The molecule has 0 saturated carbocycles. The molecule has 6 nitrogen and oxygen atoms in total. The third kappa shape index (κ3) is 3.28. The number of aromatic nitrogens is 4. The zero-order valence-corrected chi connectivity index (χ0v) is 14.0. The van der Waals surface area contributed by atoms with E-state index in [1.54, 1.807) is 12.4 Å². The minimum atomic E-state index is -0.134.